The maximum absolute atomic E-state index is 13.5. The molecule has 0 aliphatic heterocycles. The summed E-state index contributed by atoms with van der Waals surface area (Å²) in [5.74, 6) is 1.000. The van der Waals surface area contributed by atoms with Gasteiger partial charge in [0.05, 0.1) is 22.5 Å². The van der Waals surface area contributed by atoms with E-state index in [0.29, 0.717) is 48.2 Å². The van der Waals surface area contributed by atoms with Crippen molar-refractivity contribution >= 4 is 17.3 Å². The predicted molar refractivity (Wildman–Crippen MR) is 155 cm³/mol. The van der Waals surface area contributed by atoms with E-state index in [2.05, 4.69) is 25.3 Å². The van der Waals surface area contributed by atoms with Crippen LogP contribution in [0.2, 0.25) is 0 Å². The Balaban J connectivity index is 1.64. The van der Waals surface area contributed by atoms with Gasteiger partial charge in [-0.25, -0.2) is 19.9 Å². The number of amides is 1. The van der Waals surface area contributed by atoms with Crippen molar-refractivity contribution in [2.24, 2.45) is 0 Å². The van der Waals surface area contributed by atoms with E-state index in [1.807, 2.05) is 32.8 Å². The van der Waals surface area contributed by atoms with Crippen molar-refractivity contribution in [1.82, 2.24) is 24.8 Å². The molecule has 0 bridgehead atoms. The minimum atomic E-state index is -4.57. The van der Waals surface area contributed by atoms with Gasteiger partial charge in [0.25, 0.3) is 5.91 Å². The summed E-state index contributed by atoms with van der Waals surface area (Å²) >= 11 is 0. The van der Waals surface area contributed by atoms with Gasteiger partial charge in [-0.15, -0.1) is 0 Å². The molecule has 0 unspecified atom stereocenters. The maximum atomic E-state index is 13.5. The highest BCUT2D eigenvalue weighted by Gasteiger charge is 2.31. The minimum Gasteiger partial charge on any atom is -0.438 e. The monoisotopic (exact) mass is 579 g/mol. The van der Waals surface area contributed by atoms with E-state index < -0.39 is 17.6 Å². The molecule has 1 N–H and O–H groups in total. The molecule has 0 radical (unpaired) electrons. The number of aryl methyl sites for hydroxylation is 2. The SMILES string of the molecule is CCc1ncnc(-c2cccnc2Oc2cc(C(=O)Nc3cc(C(F)(F)F)ccc3N(C)CCN(C)C)ccc2C)n1. The molecule has 0 saturated heterocycles. The number of hydrogen-bond donors (Lipinski definition) is 1. The van der Waals surface area contributed by atoms with Gasteiger partial charge in [0.15, 0.2) is 5.82 Å². The smallest absolute Gasteiger partial charge is 0.416 e. The van der Waals surface area contributed by atoms with E-state index in [1.54, 1.807) is 42.4 Å². The number of benzene rings is 2. The summed E-state index contributed by atoms with van der Waals surface area (Å²) in [6.07, 6.45) is -0.952. The first-order valence-electron chi connectivity index (χ1n) is 13.3. The average Bonchev–Trinajstić information content (AvgIpc) is 2.96. The summed E-state index contributed by atoms with van der Waals surface area (Å²) in [6, 6.07) is 11.6. The first kappa shape index (κ1) is 30.4. The van der Waals surface area contributed by atoms with Crippen LogP contribution in [-0.4, -0.2) is 65.0 Å². The van der Waals surface area contributed by atoms with Crippen LogP contribution >= 0.6 is 0 Å². The molecule has 42 heavy (non-hydrogen) atoms. The van der Waals surface area contributed by atoms with Gasteiger partial charge < -0.3 is 19.9 Å². The molecular weight excluding hydrogens is 547 g/mol. The van der Waals surface area contributed by atoms with Crippen LogP contribution in [0.15, 0.2) is 61.1 Å². The fourth-order valence-corrected chi connectivity index (χ4v) is 4.04. The molecule has 0 aliphatic rings. The van der Waals surface area contributed by atoms with Crippen LogP contribution in [0.4, 0.5) is 24.5 Å². The van der Waals surface area contributed by atoms with Gasteiger partial charge in [-0.1, -0.05) is 13.0 Å². The Bertz CT molecular complexity index is 1560. The van der Waals surface area contributed by atoms with Gasteiger partial charge in [0.2, 0.25) is 5.88 Å². The zero-order valence-corrected chi connectivity index (χ0v) is 24.0. The Morgan fingerprint density at radius 1 is 1.00 bits per heavy atom. The molecule has 0 fully saturated rings. The number of hydrogen-bond acceptors (Lipinski definition) is 8. The Hall–Kier alpha value is -4.58. The molecule has 2 aromatic carbocycles. The van der Waals surface area contributed by atoms with Crippen LogP contribution < -0.4 is 15.0 Å². The third-order valence-corrected chi connectivity index (χ3v) is 6.47. The van der Waals surface area contributed by atoms with Crippen molar-refractivity contribution in [1.29, 1.82) is 0 Å². The van der Waals surface area contributed by atoms with Crippen LogP contribution in [0, 0.1) is 6.92 Å². The molecule has 0 atom stereocenters. The minimum absolute atomic E-state index is 0.0488. The molecular formula is C30H32F3N7O2. The molecule has 9 nitrogen and oxygen atoms in total. The Morgan fingerprint density at radius 3 is 2.50 bits per heavy atom. The van der Waals surface area contributed by atoms with E-state index in [0.717, 1.165) is 17.7 Å². The van der Waals surface area contributed by atoms with Crippen molar-refractivity contribution in [2.45, 2.75) is 26.4 Å². The van der Waals surface area contributed by atoms with Gasteiger partial charge in [-0.2, -0.15) is 13.2 Å². The Morgan fingerprint density at radius 2 is 1.79 bits per heavy atom. The lowest BCUT2D eigenvalue weighted by Crippen LogP contribution is -2.29. The first-order valence-corrected chi connectivity index (χ1v) is 13.3. The van der Waals surface area contributed by atoms with Crippen molar-refractivity contribution in [2.75, 3.05) is 44.4 Å². The standard InChI is InChI=1S/C30H32F3N7O2/c1-6-26-35-18-36-27(38-26)22-8-7-13-34-29(22)42-25-16-20(10-9-19(25)2)28(41)37-23-17-21(30(31,32)33)11-12-24(23)40(5)15-14-39(3)4/h7-13,16-18H,6,14-15H2,1-5H3,(H,37,41). The summed E-state index contributed by atoms with van der Waals surface area (Å²) in [5, 5.41) is 2.68. The van der Waals surface area contributed by atoms with Crippen LogP contribution in [0.3, 0.4) is 0 Å². The quantitative estimate of drug-likeness (QED) is 0.249. The first-order chi connectivity index (χ1) is 20.0. The second-order valence-corrected chi connectivity index (χ2v) is 9.93. The van der Waals surface area contributed by atoms with Gasteiger partial charge in [0, 0.05) is 38.3 Å². The van der Waals surface area contributed by atoms with Gasteiger partial charge in [0.1, 0.15) is 17.9 Å². The molecule has 12 heteroatoms. The van der Waals surface area contributed by atoms with E-state index in [9.17, 15) is 18.0 Å². The van der Waals surface area contributed by atoms with Crippen LogP contribution in [0.1, 0.15) is 34.2 Å². The molecule has 0 saturated carbocycles. The number of alkyl halides is 3. The van der Waals surface area contributed by atoms with Crippen LogP contribution in [-0.2, 0) is 12.6 Å². The molecule has 220 valence electrons. The Labute approximate surface area is 242 Å². The summed E-state index contributed by atoms with van der Waals surface area (Å²) in [4.78, 5) is 34.3. The third kappa shape index (κ3) is 7.38. The number of ether oxygens (including phenoxy) is 1. The lowest BCUT2D eigenvalue weighted by molar-refractivity contribution is -0.137. The highest BCUT2D eigenvalue weighted by molar-refractivity contribution is 6.06. The lowest BCUT2D eigenvalue weighted by atomic mass is 10.1. The topological polar surface area (TPSA) is 96.4 Å². The molecule has 0 aliphatic carbocycles. The summed E-state index contributed by atoms with van der Waals surface area (Å²) in [5.41, 5.74) is 1.11. The van der Waals surface area contributed by atoms with Gasteiger partial charge in [-0.05, 0) is 69.0 Å². The normalized spacial score (nSPS) is 11.5. The number of anilines is 2. The molecule has 2 heterocycles. The molecule has 2 aromatic heterocycles. The number of halogens is 3. The number of likely N-dealkylation sites (N-methyl/N-ethyl adjacent to an activating group) is 2. The fourth-order valence-electron chi connectivity index (χ4n) is 4.04. The number of nitrogens with one attached hydrogen (secondary N) is 1. The summed E-state index contributed by atoms with van der Waals surface area (Å²) in [7, 11) is 5.57. The van der Waals surface area contributed by atoms with Crippen molar-refractivity contribution in [3.63, 3.8) is 0 Å². The van der Waals surface area contributed by atoms with E-state index in [4.69, 9.17) is 4.74 Å². The fraction of sp³-hybridized carbons (Fsp3) is 0.300. The zero-order chi connectivity index (χ0) is 30.4. The third-order valence-electron chi connectivity index (χ3n) is 6.47. The van der Waals surface area contributed by atoms with Crippen molar-refractivity contribution in [3.05, 3.63) is 83.6 Å². The van der Waals surface area contributed by atoms with E-state index in [1.165, 1.54) is 18.5 Å². The van der Waals surface area contributed by atoms with Gasteiger partial charge in [-0.3, -0.25) is 4.79 Å². The van der Waals surface area contributed by atoms with E-state index >= 15 is 0 Å². The van der Waals surface area contributed by atoms with Crippen molar-refractivity contribution < 1.29 is 22.7 Å². The van der Waals surface area contributed by atoms with Crippen molar-refractivity contribution in [3.8, 4) is 23.0 Å². The molecule has 0 spiro atoms. The number of carbonyl (C=O) groups is 1. The maximum Gasteiger partial charge on any atom is 0.416 e. The predicted octanol–water partition coefficient (Wildman–Crippen LogP) is 5.87. The average molecular weight is 580 g/mol. The number of nitrogens with zero attached hydrogens (tertiary/aromatic N) is 6. The van der Waals surface area contributed by atoms with E-state index in [-0.39, 0.29) is 17.1 Å². The zero-order valence-electron chi connectivity index (χ0n) is 24.0. The second kappa shape index (κ2) is 12.9. The molecule has 1 amide bonds. The van der Waals surface area contributed by atoms with Gasteiger partial charge >= 0.3 is 6.18 Å². The lowest BCUT2D eigenvalue weighted by Gasteiger charge is -2.25. The number of aromatic nitrogens is 4. The van der Waals surface area contributed by atoms with Crippen LogP contribution in [0.25, 0.3) is 11.4 Å². The van der Waals surface area contributed by atoms with Crippen LogP contribution in [0.5, 0.6) is 11.6 Å². The number of rotatable bonds is 10. The number of pyridine rings is 1. The number of carbonyl (C=O) groups excluding carboxylic acids is 1. The molecule has 4 aromatic rings. The second-order valence-electron chi connectivity index (χ2n) is 9.93. The molecule has 4 rings (SSSR count). The highest BCUT2D eigenvalue weighted by Crippen LogP contribution is 2.36. The Kier molecular flexibility index (Phi) is 9.36. The largest absolute Gasteiger partial charge is 0.438 e. The highest BCUT2D eigenvalue weighted by atomic mass is 19.4. The summed E-state index contributed by atoms with van der Waals surface area (Å²) < 4.78 is 46.8. The summed E-state index contributed by atoms with van der Waals surface area (Å²) in [6.45, 7) is 4.95.